The SMILES string of the molecule is CC(C)O[C@H]1CCCC[C@H]1S(N)(=O)=O. The van der Waals surface area contributed by atoms with Crippen molar-refractivity contribution < 1.29 is 13.2 Å². The van der Waals surface area contributed by atoms with Crippen molar-refractivity contribution in [2.45, 2.75) is 57.0 Å². The van der Waals surface area contributed by atoms with E-state index in [4.69, 9.17) is 9.88 Å². The first kappa shape index (κ1) is 11.9. The summed E-state index contributed by atoms with van der Waals surface area (Å²) in [6.45, 7) is 3.82. The van der Waals surface area contributed by atoms with Gasteiger partial charge in [0.1, 0.15) is 5.25 Å². The number of hydrogen-bond acceptors (Lipinski definition) is 3. The molecule has 1 rings (SSSR count). The summed E-state index contributed by atoms with van der Waals surface area (Å²) in [5, 5.41) is 4.67. The minimum Gasteiger partial charge on any atom is -0.374 e. The number of primary sulfonamides is 1. The van der Waals surface area contributed by atoms with Crippen LogP contribution in [0.15, 0.2) is 0 Å². The van der Waals surface area contributed by atoms with Crippen molar-refractivity contribution in [2.24, 2.45) is 5.14 Å². The summed E-state index contributed by atoms with van der Waals surface area (Å²) >= 11 is 0. The zero-order valence-electron chi connectivity index (χ0n) is 8.77. The van der Waals surface area contributed by atoms with Crippen LogP contribution in [0.3, 0.4) is 0 Å². The van der Waals surface area contributed by atoms with E-state index in [-0.39, 0.29) is 12.2 Å². The second kappa shape index (κ2) is 4.59. The molecule has 1 aliphatic rings. The van der Waals surface area contributed by atoms with Gasteiger partial charge in [-0.25, -0.2) is 13.6 Å². The Labute approximate surface area is 85.9 Å². The summed E-state index contributed by atoms with van der Waals surface area (Å²) in [6.07, 6.45) is 3.25. The molecule has 0 aliphatic heterocycles. The fourth-order valence-electron chi connectivity index (χ4n) is 1.94. The normalized spacial score (nSPS) is 29.4. The summed E-state index contributed by atoms with van der Waals surface area (Å²) < 4.78 is 28.1. The lowest BCUT2D eigenvalue weighted by Gasteiger charge is -2.31. The van der Waals surface area contributed by atoms with E-state index < -0.39 is 15.3 Å². The molecule has 14 heavy (non-hydrogen) atoms. The number of sulfonamides is 1. The lowest BCUT2D eigenvalue weighted by Crippen LogP contribution is -2.43. The molecular formula is C9H19NO3S. The third-order valence-electron chi connectivity index (χ3n) is 2.51. The molecule has 1 saturated carbocycles. The molecule has 0 heterocycles. The average molecular weight is 221 g/mol. The van der Waals surface area contributed by atoms with Crippen molar-refractivity contribution in [3.8, 4) is 0 Å². The zero-order chi connectivity index (χ0) is 10.8. The first-order chi connectivity index (χ1) is 6.41. The topological polar surface area (TPSA) is 69.4 Å². The quantitative estimate of drug-likeness (QED) is 0.773. The van der Waals surface area contributed by atoms with E-state index >= 15 is 0 Å². The molecule has 1 fully saturated rings. The van der Waals surface area contributed by atoms with Crippen molar-refractivity contribution in [3.63, 3.8) is 0 Å². The van der Waals surface area contributed by atoms with Crippen molar-refractivity contribution in [2.75, 3.05) is 0 Å². The van der Waals surface area contributed by atoms with Gasteiger partial charge < -0.3 is 4.74 Å². The highest BCUT2D eigenvalue weighted by Crippen LogP contribution is 2.26. The van der Waals surface area contributed by atoms with E-state index in [1.54, 1.807) is 0 Å². The molecular weight excluding hydrogens is 202 g/mol. The Morgan fingerprint density at radius 3 is 2.36 bits per heavy atom. The highest BCUT2D eigenvalue weighted by Gasteiger charge is 2.34. The van der Waals surface area contributed by atoms with E-state index in [1.807, 2.05) is 13.8 Å². The molecule has 0 spiro atoms. The fourth-order valence-corrected chi connectivity index (χ4v) is 3.06. The minimum atomic E-state index is -3.45. The van der Waals surface area contributed by atoms with Gasteiger partial charge in [0.2, 0.25) is 10.0 Å². The maximum atomic E-state index is 11.3. The van der Waals surface area contributed by atoms with Gasteiger partial charge in [0.25, 0.3) is 0 Å². The molecule has 2 atom stereocenters. The van der Waals surface area contributed by atoms with Crippen LogP contribution in [0.2, 0.25) is 0 Å². The molecule has 0 radical (unpaired) electrons. The third kappa shape index (κ3) is 3.22. The van der Waals surface area contributed by atoms with Crippen LogP contribution in [0.1, 0.15) is 39.5 Å². The van der Waals surface area contributed by atoms with Gasteiger partial charge in [-0.1, -0.05) is 12.8 Å². The Morgan fingerprint density at radius 2 is 1.86 bits per heavy atom. The Bertz CT molecular complexity index is 274. The Hall–Kier alpha value is -0.130. The second-order valence-electron chi connectivity index (χ2n) is 4.14. The Kier molecular flexibility index (Phi) is 3.92. The van der Waals surface area contributed by atoms with Gasteiger partial charge in [-0.05, 0) is 26.7 Å². The number of ether oxygens (including phenoxy) is 1. The maximum absolute atomic E-state index is 11.3. The summed E-state index contributed by atoms with van der Waals surface area (Å²) in [6, 6.07) is 0. The van der Waals surface area contributed by atoms with Crippen molar-refractivity contribution >= 4 is 10.0 Å². The van der Waals surface area contributed by atoms with E-state index in [1.165, 1.54) is 0 Å². The summed E-state index contributed by atoms with van der Waals surface area (Å²) in [5.41, 5.74) is 0. The predicted octanol–water partition coefficient (Wildman–Crippen LogP) is 1.01. The highest BCUT2D eigenvalue weighted by molar-refractivity contribution is 7.89. The van der Waals surface area contributed by atoms with Gasteiger partial charge in [-0.15, -0.1) is 0 Å². The van der Waals surface area contributed by atoms with Crippen LogP contribution >= 0.6 is 0 Å². The molecule has 0 aromatic carbocycles. The monoisotopic (exact) mass is 221 g/mol. The standard InChI is InChI=1S/C9H19NO3S/c1-7(2)13-8-5-3-4-6-9(8)14(10,11)12/h7-9H,3-6H2,1-2H3,(H2,10,11,12)/t8-,9+/m0/s1. The lowest BCUT2D eigenvalue weighted by atomic mass is 9.97. The Balaban J connectivity index is 2.69. The number of rotatable bonds is 3. The van der Waals surface area contributed by atoms with Crippen LogP contribution in [-0.2, 0) is 14.8 Å². The second-order valence-corrected chi connectivity index (χ2v) is 5.92. The van der Waals surface area contributed by atoms with Crippen molar-refractivity contribution in [1.29, 1.82) is 0 Å². The van der Waals surface area contributed by atoms with Crippen LogP contribution < -0.4 is 5.14 Å². The van der Waals surface area contributed by atoms with Crippen LogP contribution in [0.5, 0.6) is 0 Å². The molecule has 5 heteroatoms. The van der Waals surface area contributed by atoms with Crippen LogP contribution in [0.25, 0.3) is 0 Å². The fraction of sp³-hybridized carbons (Fsp3) is 1.00. The smallest absolute Gasteiger partial charge is 0.214 e. The van der Waals surface area contributed by atoms with E-state index in [0.29, 0.717) is 6.42 Å². The van der Waals surface area contributed by atoms with Gasteiger partial charge in [0.15, 0.2) is 0 Å². The van der Waals surface area contributed by atoms with Gasteiger partial charge >= 0.3 is 0 Å². The van der Waals surface area contributed by atoms with E-state index in [9.17, 15) is 8.42 Å². The molecule has 4 nitrogen and oxygen atoms in total. The first-order valence-corrected chi connectivity index (χ1v) is 6.69. The highest BCUT2D eigenvalue weighted by atomic mass is 32.2. The number of hydrogen-bond donors (Lipinski definition) is 1. The predicted molar refractivity (Wildman–Crippen MR) is 55.4 cm³/mol. The molecule has 0 aromatic heterocycles. The van der Waals surface area contributed by atoms with E-state index in [2.05, 4.69) is 0 Å². The minimum absolute atomic E-state index is 0.0577. The van der Waals surface area contributed by atoms with Crippen LogP contribution in [0.4, 0.5) is 0 Å². The molecule has 0 aromatic rings. The zero-order valence-corrected chi connectivity index (χ0v) is 9.59. The first-order valence-electron chi connectivity index (χ1n) is 5.08. The number of nitrogens with two attached hydrogens (primary N) is 1. The van der Waals surface area contributed by atoms with Gasteiger partial charge in [0.05, 0.1) is 12.2 Å². The summed E-state index contributed by atoms with van der Waals surface area (Å²) in [4.78, 5) is 0. The molecule has 1 aliphatic carbocycles. The van der Waals surface area contributed by atoms with Crippen molar-refractivity contribution in [3.05, 3.63) is 0 Å². The molecule has 0 bridgehead atoms. The van der Waals surface area contributed by atoms with Gasteiger partial charge in [-0.3, -0.25) is 0 Å². The average Bonchev–Trinajstić information content (AvgIpc) is 2.01. The molecule has 0 saturated heterocycles. The molecule has 0 amide bonds. The van der Waals surface area contributed by atoms with E-state index in [0.717, 1.165) is 19.3 Å². The maximum Gasteiger partial charge on any atom is 0.214 e. The van der Waals surface area contributed by atoms with Gasteiger partial charge in [0, 0.05) is 0 Å². The summed E-state index contributed by atoms with van der Waals surface area (Å²) in [7, 11) is -3.45. The van der Waals surface area contributed by atoms with Crippen LogP contribution in [-0.4, -0.2) is 25.9 Å². The third-order valence-corrected chi connectivity index (χ3v) is 3.89. The van der Waals surface area contributed by atoms with Crippen LogP contribution in [0, 0.1) is 0 Å². The molecule has 2 N–H and O–H groups in total. The Morgan fingerprint density at radius 1 is 1.29 bits per heavy atom. The van der Waals surface area contributed by atoms with Crippen molar-refractivity contribution in [1.82, 2.24) is 0 Å². The van der Waals surface area contributed by atoms with Gasteiger partial charge in [-0.2, -0.15) is 0 Å². The molecule has 0 unspecified atom stereocenters. The lowest BCUT2D eigenvalue weighted by molar-refractivity contribution is -0.00934. The molecule has 84 valence electrons. The summed E-state index contributed by atoms with van der Waals surface area (Å²) in [5.74, 6) is 0. The largest absolute Gasteiger partial charge is 0.374 e.